The smallest absolute Gasteiger partial charge is 0.339 e. The zero-order valence-electron chi connectivity index (χ0n) is 20.5. The van der Waals surface area contributed by atoms with Gasteiger partial charge in [0.25, 0.3) is 0 Å². The van der Waals surface area contributed by atoms with Crippen LogP contribution in [0.15, 0.2) is 72.8 Å². The molecule has 1 heterocycles. The zero-order chi connectivity index (χ0) is 24.1. The van der Waals surface area contributed by atoms with Crippen LogP contribution in [-0.2, 0) is 4.74 Å². The van der Waals surface area contributed by atoms with Gasteiger partial charge in [0.15, 0.2) is 19.9 Å². The number of hydrogen-bond acceptors (Lipinski definition) is 2. The molecule has 0 aliphatic heterocycles. The lowest BCUT2D eigenvalue weighted by molar-refractivity contribution is 0.0102. The maximum absolute atomic E-state index is 13.3. The van der Waals surface area contributed by atoms with Gasteiger partial charge in [-0.3, -0.25) is 0 Å². The van der Waals surface area contributed by atoms with E-state index in [2.05, 4.69) is 72.5 Å². The summed E-state index contributed by atoms with van der Waals surface area (Å²) in [4.78, 5) is 14.5. The van der Waals surface area contributed by atoms with E-state index >= 15 is 0 Å². The summed E-state index contributed by atoms with van der Waals surface area (Å²) in [6.45, 7) is 0. The number of rotatable bonds is 3. The number of carbonyl (C=O) groups excluding carboxylic acids is 1. The first kappa shape index (κ1) is 22.1. The fourth-order valence-corrected chi connectivity index (χ4v) is 9.29. The Morgan fingerprint density at radius 1 is 0.833 bits per heavy atom. The molecule has 4 aromatic rings. The molecule has 3 aliphatic rings. The number of fused-ring (bicyclic) bond motifs is 5. The fraction of sp³-hybridized carbons (Fsp3) is 0.364. The average molecular weight is 492 g/mol. The van der Waals surface area contributed by atoms with Crippen LogP contribution >= 0.6 is 10.5 Å². The topological polar surface area (TPSA) is 26.3 Å². The lowest BCUT2D eigenvalue weighted by Crippen LogP contribution is -2.30. The standard InChI is InChI=1S/C33H31O2S/c34-32(35-33(18-5-6-19-33)20-17-26-22-23-11-12-25(26)21-23)24-13-15-27(16-14-24)36-30-9-3-1-7-28(30)29-8-2-4-10-31(29)36/h1-4,7-10,13-16,23,25-26H,5-6,11-12,18-19,21-22H2/q+1. The Morgan fingerprint density at radius 3 is 2.11 bits per heavy atom. The van der Waals surface area contributed by atoms with Crippen LogP contribution in [0.3, 0.4) is 0 Å². The van der Waals surface area contributed by atoms with Gasteiger partial charge in [-0.15, -0.1) is 0 Å². The Morgan fingerprint density at radius 2 is 1.50 bits per heavy atom. The number of carbonyl (C=O) groups is 1. The van der Waals surface area contributed by atoms with E-state index in [9.17, 15) is 4.79 Å². The number of ether oxygens (including phenoxy) is 1. The molecule has 0 radical (unpaired) electrons. The number of esters is 1. The van der Waals surface area contributed by atoms with Crippen molar-refractivity contribution in [2.75, 3.05) is 0 Å². The monoisotopic (exact) mass is 491 g/mol. The highest BCUT2D eigenvalue weighted by molar-refractivity contribution is 7.50. The van der Waals surface area contributed by atoms with Gasteiger partial charge < -0.3 is 4.74 Å². The number of benzene rings is 3. The molecule has 0 spiro atoms. The summed E-state index contributed by atoms with van der Waals surface area (Å²) < 4.78 is 8.91. The first-order valence-electron chi connectivity index (χ1n) is 13.5. The first-order chi connectivity index (χ1) is 17.7. The lowest BCUT2D eigenvalue weighted by atomic mass is 9.88. The van der Waals surface area contributed by atoms with Crippen LogP contribution in [0.4, 0.5) is 0 Å². The van der Waals surface area contributed by atoms with Crippen LogP contribution < -0.4 is 0 Å². The van der Waals surface area contributed by atoms with Crippen LogP contribution in [0, 0.1) is 29.6 Å². The van der Waals surface area contributed by atoms with Crippen molar-refractivity contribution in [3.05, 3.63) is 78.4 Å². The molecule has 36 heavy (non-hydrogen) atoms. The highest BCUT2D eigenvalue weighted by Gasteiger charge is 2.40. The minimum atomic E-state index is -0.595. The summed E-state index contributed by atoms with van der Waals surface area (Å²) in [6, 6.07) is 25.5. The van der Waals surface area contributed by atoms with Crippen molar-refractivity contribution in [3.8, 4) is 16.7 Å². The van der Waals surface area contributed by atoms with Gasteiger partial charge in [-0.25, -0.2) is 4.79 Å². The molecular formula is C33H31O2S+. The molecule has 2 nitrogen and oxygen atoms in total. The molecule has 0 amide bonds. The second-order valence-electron chi connectivity index (χ2n) is 11.0. The average Bonchev–Trinajstić information content (AvgIpc) is 3.71. The summed E-state index contributed by atoms with van der Waals surface area (Å²) >= 11 is 0. The molecule has 2 bridgehead atoms. The molecule has 3 fully saturated rings. The predicted molar refractivity (Wildman–Crippen MR) is 149 cm³/mol. The minimum Gasteiger partial charge on any atom is -0.442 e. The Bertz CT molecular complexity index is 1460. The highest BCUT2D eigenvalue weighted by atomic mass is 32.2. The van der Waals surface area contributed by atoms with Crippen molar-refractivity contribution in [2.45, 2.75) is 57.0 Å². The van der Waals surface area contributed by atoms with Gasteiger partial charge in [0.2, 0.25) is 0 Å². The summed E-state index contributed by atoms with van der Waals surface area (Å²) in [7, 11) is -0.154. The largest absolute Gasteiger partial charge is 0.442 e. The number of hydrogen-bond donors (Lipinski definition) is 0. The van der Waals surface area contributed by atoms with Crippen LogP contribution in [0.5, 0.6) is 0 Å². The Hall–Kier alpha value is -3.09. The third-order valence-corrected chi connectivity index (χ3v) is 11.1. The van der Waals surface area contributed by atoms with Crippen molar-refractivity contribution in [1.29, 1.82) is 0 Å². The Balaban J connectivity index is 1.16. The van der Waals surface area contributed by atoms with Gasteiger partial charge in [-0.1, -0.05) is 42.5 Å². The van der Waals surface area contributed by atoms with E-state index in [1.54, 1.807) is 0 Å². The Kier molecular flexibility index (Phi) is 5.40. The first-order valence-corrected chi connectivity index (χ1v) is 14.7. The van der Waals surface area contributed by atoms with Gasteiger partial charge in [0.1, 0.15) is 0 Å². The van der Waals surface area contributed by atoms with E-state index in [0.717, 1.165) is 37.5 Å². The van der Waals surface area contributed by atoms with E-state index in [1.165, 1.54) is 50.8 Å². The van der Waals surface area contributed by atoms with Crippen molar-refractivity contribution in [1.82, 2.24) is 0 Å². The van der Waals surface area contributed by atoms with Crippen molar-refractivity contribution in [2.24, 2.45) is 17.8 Å². The van der Waals surface area contributed by atoms with E-state index in [4.69, 9.17) is 4.74 Å². The molecule has 0 saturated heterocycles. The molecule has 3 saturated carbocycles. The molecule has 1 aromatic heterocycles. The molecule has 3 aromatic carbocycles. The van der Waals surface area contributed by atoms with Crippen LogP contribution in [-0.4, -0.2) is 11.6 Å². The summed E-state index contributed by atoms with van der Waals surface area (Å²) in [6.07, 6.45) is 9.21. The zero-order valence-corrected chi connectivity index (χ0v) is 21.4. The molecule has 3 unspecified atom stereocenters. The fourth-order valence-electron chi connectivity index (χ4n) is 6.91. The van der Waals surface area contributed by atoms with Crippen LogP contribution in [0.1, 0.15) is 61.7 Å². The van der Waals surface area contributed by atoms with Gasteiger partial charge in [0, 0.05) is 27.2 Å². The molecule has 3 atom stereocenters. The van der Waals surface area contributed by atoms with Gasteiger partial charge in [-0.05, 0) is 105 Å². The number of thiophene rings is 1. The quantitative estimate of drug-likeness (QED) is 0.163. The molecule has 3 aliphatic carbocycles. The second-order valence-corrected chi connectivity index (χ2v) is 12.9. The van der Waals surface area contributed by atoms with Gasteiger partial charge in [0.05, 0.1) is 5.56 Å². The van der Waals surface area contributed by atoms with Crippen molar-refractivity contribution in [3.63, 3.8) is 0 Å². The summed E-state index contributed by atoms with van der Waals surface area (Å²) in [5.41, 5.74) is 0.0268. The van der Waals surface area contributed by atoms with Gasteiger partial charge >= 0.3 is 5.97 Å². The highest BCUT2D eigenvalue weighted by Crippen LogP contribution is 2.49. The molecular weight excluding hydrogens is 460 g/mol. The minimum absolute atomic E-state index is 0.154. The SMILES string of the molecule is O=C(OC1(C#CC2CC3CCC2C3)CCCC1)c1ccc(-[s+]2c3ccccc3c3ccccc32)cc1. The molecule has 180 valence electrons. The predicted octanol–water partition coefficient (Wildman–Crippen LogP) is 8.64. The third kappa shape index (κ3) is 3.75. The normalized spacial score (nSPS) is 24.2. The molecule has 3 heteroatoms. The van der Waals surface area contributed by atoms with E-state index in [1.807, 2.05) is 12.1 Å². The van der Waals surface area contributed by atoms with E-state index < -0.39 is 5.60 Å². The molecule has 7 rings (SSSR count). The molecule has 0 N–H and O–H groups in total. The lowest BCUT2D eigenvalue weighted by Gasteiger charge is -2.24. The van der Waals surface area contributed by atoms with Crippen LogP contribution in [0.25, 0.3) is 25.1 Å². The van der Waals surface area contributed by atoms with Gasteiger partial charge in [-0.2, -0.15) is 0 Å². The van der Waals surface area contributed by atoms with E-state index in [0.29, 0.717) is 11.5 Å². The van der Waals surface area contributed by atoms with Crippen LogP contribution in [0.2, 0.25) is 0 Å². The van der Waals surface area contributed by atoms with Crippen molar-refractivity contribution >= 4 is 36.6 Å². The van der Waals surface area contributed by atoms with Crippen molar-refractivity contribution < 1.29 is 9.53 Å². The maximum Gasteiger partial charge on any atom is 0.339 e. The second kappa shape index (κ2) is 8.79. The Labute approximate surface area is 215 Å². The maximum atomic E-state index is 13.3. The third-order valence-electron chi connectivity index (χ3n) is 8.75. The summed E-state index contributed by atoms with van der Waals surface area (Å²) in [5, 5.41) is 2.63. The van der Waals surface area contributed by atoms with E-state index in [-0.39, 0.29) is 16.4 Å². The summed E-state index contributed by atoms with van der Waals surface area (Å²) in [5.74, 6) is 9.03.